The lowest BCUT2D eigenvalue weighted by Crippen LogP contribution is -2.09. The number of hydrogen-bond acceptors (Lipinski definition) is 4. The van der Waals surface area contributed by atoms with Crippen molar-refractivity contribution in [3.63, 3.8) is 0 Å². The van der Waals surface area contributed by atoms with Gasteiger partial charge in [0.15, 0.2) is 5.75 Å². The van der Waals surface area contributed by atoms with Crippen molar-refractivity contribution >= 4 is 29.2 Å². The Kier molecular flexibility index (Phi) is 4.34. The summed E-state index contributed by atoms with van der Waals surface area (Å²) in [6.07, 6.45) is 0. The maximum atomic E-state index is 11.4. The molecule has 0 aliphatic heterocycles. The molecule has 1 N–H and O–H groups in total. The van der Waals surface area contributed by atoms with E-state index in [0.29, 0.717) is 5.69 Å². The average Bonchev–Trinajstić information content (AvgIpc) is 2.30. The highest BCUT2D eigenvalue weighted by atomic mass is 35.5. The summed E-state index contributed by atoms with van der Waals surface area (Å²) in [6, 6.07) is 2.99. The molecule has 0 spiro atoms. The van der Waals surface area contributed by atoms with Crippen molar-refractivity contribution in [1.29, 1.82) is 0 Å². The summed E-state index contributed by atoms with van der Waals surface area (Å²) in [5, 5.41) is 2.69. The fourth-order valence-electron chi connectivity index (χ4n) is 1.31. The third-order valence-electron chi connectivity index (χ3n) is 2.02. The zero-order valence-corrected chi connectivity index (χ0v) is 10.4. The first-order valence-corrected chi connectivity index (χ1v) is 5.11. The molecule has 0 fully saturated rings. The number of rotatable bonds is 3. The normalized spacial score (nSPS) is 9.65. The van der Waals surface area contributed by atoms with Gasteiger partial charge in [-0.25, -0.2) is 4.79 Å². The molecule has 1 aromatic carbocycles. The molecule has 0 bridgehead atoms. The van der Waals surface area contributed by atoms with Crippen LogP contribution < -0.4 is 10.1 Å². The number of halogens is 1. The quantitative estimate of drug-likeness (QED) is 0.842. The Balaban J connectivity index is 3.26. The van der Waals surface area contributed by atoms with Crippen LogP contribution in [0.15, 0.2) is 12.1 Å². The van der Waals surface area contributed by atoms with Crippen LogP contribution in [0.4, 0.5) is 5.69 Å². The molecule has 0 heterocycles. The van der Waals surface area contributed by atoms with Gasteiger partial charge in [0.2, 0.25) is 5.91 Å². The van der Waals surface area contributed by atoms with Gasteiger partial charge >= 0.3 is 5.97 Å². The predicted octanol–water partition coefficient (Wildman–Crippen LogP) is 2.09. The molecule has 17 heavy (non-hydrogen) atoms. The van der Waals surface area contributed by atoms with Gasteiger partial charge in [-0.15, -0.1) is 0 Å². The van der Waals surface area contributed by atoms with E-state index in [1.807, 2.05) is 0 Å². The van der Waals surface area contributed by atoms with Crippen LogP contribution in [0.1, 0.15) is 17.3 Å². The molecule has 6 heteroatoms. The van der Waals surface area contributed by atoms with E-state index in [9.17, 15) is 9.59 Å². The van der Waals surface area contributed by atoms with E-state index in [0.717, 1.165) is 0 Å². The second kappa shape index (κ2) is 5.54. The molecular weight excluding hydrogens is 246 g/mol. The number of nitrogens with one attached hydrogen (secondary N) is 1. The van der Waals surface area contributed by atoms with E-state index in [1.165, 1.54) is 33.3 Å². The number of ether oxygens (including phenoxy) is 2. The number of carbonyl (C=O) groups is 2. The molecule has 0 unspecified atom stereocenters. The smallest absolute Gasteiger partial charge is 0.341 e. The first kappa shape index (κ1) is 13.3. The highest BCUT2D eigenvalue weighted by Crippen LogP contribution is 2.35. The van der Waals surface area contributed by atoms with Crippen LogP contribution in [0.25, 0.3) is 0 Å². The number of esters is 1. The van der Waals surface area contributed by atoms with Gasteiger partial charge in [0.25, 0.3) is 0 Å². The topological polar surface area (TPSA) is 64.6 Å². The van der Waals surface area contributed by atoms with Crippen LogP contribution in [0.2, 0.25) is 5.02 Å². The third kappa shape index (κ3) is 2.88. The molecule has 0 aromatic heterocycles. The van der Waals surface area contributed by atoms with E-state index < -0.39 is 5.97 Å². The van der Waals surface area contributed by atoms with Crippen molar-refractivity contribution in [3.05, 3.63) is 22.7 Å². The molecular formula is C11H12ClNO4. The summed E-state index contributed by atoms with van der Waals surface area (Å²) < 4.78 is 9.63. The lowest BCUT2D eigenvalue weighted by molar-refractivity contribution is -0.114. The largest absolute Gasteiger partial charge is 0.494 e. The fraction of sp³-hybridized carbons (Fsp3) is 0.273. The summed E-state index contributed by atoms with van der Waals surface area (Å²) in [5.41, 5.74) is 0.581. The Bertz CT molecular complexity index is 459. The first-order chi connectivity index (χ1) is 8.01. The van der Waals surface area contributed by atoms with Crippen LogP contribution in [-0.4, -0.2) is 26.1 Å². The Morgan fingerprint density at radius 1 is 1.29 bits per heavy atom. The molecule has 0 saturated carbocycles. The maximum Gasteiger partial charge on any atom is 0.341 e. The number of anilines is 1. The third-order valence-corrected chi connectivity index (χ3v) is 2.39. The van der Waals surface area contributed by atoms with Crippen LogP contribution in [0.5, 0.6) is 5.75 Å². The van der Waals surface area contributed by atoms with Crippen LogP contribution in [0, 0.1) is 0 Å². The van der Waals surface area contributed by atoms with Gasteiger partial charge in [-0.2, -0.15) is 0 Å². The first-order valence-electron chi connectivity index (χ1n) is 4.73. The Labute approximate surface area is 104 Å². The van der Waals surface area contributed by atoms with Crippen LogP contribution in [-0.2, 0) is 9.53 Å². The monoisotopic (exact) mass is 257 g/mol. The van der Waals surface area contributed by atoms with Gasteiger partial charge in [0.1, 0.15) is 10.6 Å². The molecule has 1 rings (SSSR count). The van der Waals surface area contributed by atoms with Crippen molar-refractivity contribution in [3.8, 4) is 5.75 Å². The minimum absolute atomic E-state index is 0.158. The standard InChI is InChI=1S/C11H12ClNO4/c1-6(14)13-8-5-4-7(11(15)17-3)10(16-2)9(8)12/h4-5H,1-3H3,(H,13,14). The maximum absolute atomic E-state index is 11.4. The Morgan fingerprint density at radius 2 is 1.94 bits per heavy atom. The predicted molar refractivity (Wildman–Crippen MR) is 63.6 cm³/mol. The molecule has 92 valence electrons. The minimum atomic E-state index is -0.557. The second-order valence-corrected chi connectivity index (χ2v) is 3.56. The van der Waals surface area contributed by atoms with Crippen molar-refractivity contribution in [1.82, 2.24) is 0 Å². The fourth-order valence-corrected chi connectivity index (χ4v) is 1.60. The molecule has 0 radical (unpaired) electrons. The molecule has 0 aliphatic rings. The zero-order chi connectivity index (χ0) is 13.0. The summed E-state index contributed by atoms with van der Waals surface area (Å²) in [7, 11) is 2.64. The van der Waals surface area contributed by atoms with Crippen molar-refractivity contribution in [2.45, 2.75) is 6.92 Å². The second-order valence-electron chi connectivity index (χ2n) is 3.18. The highest BCUT2D eigenvalue weighted by Gasteiger charge is 2.18. The molecule has 0 saturated heterocycles. The van der Waals surface area contributed by atoms with E-state index in [2.05, 4.69) is 10.1 Å². The summed E-state index contributed by atoms with van der Waals surface area (Å²) in [5.74, 6) is -0.650. The number of amides is 1. The van der Waals surface area contributed by atoms with E-state index >= 15 is 0 Å². The van der Waals surface area contributed by atoms with Crippen molar-refractivity contribution in [2.24, 2.45) is 0 Å². The number of hydrogen-bond donors (Lipinski definition) is 1. The van der Waals surface area contributed by atoms with Gasteiger partial charge in [0, 0.05) is 6.92 Å². The molecule has 0 aliphatic carbocycles. The van der Waals surface area contributed by atoms with Crippen molar-refractivity contribution < 1.29 is 19.1 Å². The van der Waals surface area contributed by atoms with Gasteiger partial charge in [0.05, 0.1) is 19.9 Å². The van der Waals surface area contributed by atoms with Gasteiger partial charge in [-0.05, 0) is 12.1 Å². The lowest BCUT2D eigenvalue weighted by Gasteiger charge is -2.12. The average molecular weight is 258 g/mol. The Morgan fingerprint density at radius 3 is 2.41 bits per heavy atom. The minimum Gasteiger partial charge on any atom is -0.494 e. The van der Waals surface area contributed by atoms with Crippen LogP contribution in [0.3, 0.4) is 0 Å². The lowest BCUT2D eigenvalue weighted by atomic mass is 10.1. The summed E-state index contributed by atoms with van der Waals surface area (Å²) in [4.78, 5) is 22.4. The van der Waals surface area contributed by atoms with E-state index in [1.54, 1.807) is 0 Å². The molecule has 1 amide bonds. The van der Waals surface area contributed by atoms with Crippen molar-refractivity contribution in [2.75, 3.05) is 19.5 Å². The van der Waals surface area contributed by atoms with Crippen LogP contribution >= 0.6 is 11.6 Å². The summed E-state index contributed by atoms with van der Waals surface area (Å²) >= 11 is 6.01. The number of carbonyl (C=O) groups excluding carboxylic acids is 2. The summed E-state index contributed by atoms with van der Waals surface area (Å²) in [6.45, 7) is 1.36. The molecule has 0 atom stereocenters. The highest BCUT2D eigenvalue weighted by molar-refractivity contribution is 6.35. The van der Waals surface area contributed by atoms with Gasteiger partial charge < -0.3 is 14.8 Å². The number of methoxy groups -OCH3 is 2. The van der Waals surface area contributed by atoms with Gasteiger partial charge in [-0.3, -0.25) is 4.79 Å². The SMILES string of the molecule is COC(=O)c1ccc(NC(C)=O)c(Cl)c1OC. The molecule has 1 aromatic rings. The van der Waals surface area contributed by atoms with Gasteiger partial charge in [-0.1, -0.05) is 11.6 Å². The molecule has 5 nitrogen and oxygen atoms in total. The Hall–Kier alpha value is -1.75. The van der Waals surface area contributed by atoms with E-state index in [4.69, 9.17) is 16.3 Å². The number of benzene rings is 1. The van der Waals surface area contributed by atoms with E-state index in [-0.39, 0.29) is 22.2 Å². The zero-order valence-electron chi connectivity index (χ0n) is 9.67.